The Bertz CT molecular complexity index is 229. The number of carbonyl (C=O) groups excluding carboxylic acids is 1. The summed E-state index contributed by atoms with van der Waals surface area (Å²) in [6.45, 7) is 4.64. The fourth-order valence-corrected chi connectivity index (χ4v) is 1.38. The summed E-state index contributed by atoms with van der Waals surface area (Å²) in [5.41, 5.74) is 0. The van der Waals surface area contributed by atoms with Gasteiger partial charge < -0.3 is 28.4 Å². The van der Waals surface area contributed by atoms with Gasteiger partial charge in [0, 0.05) is 5.33 Å². The molecule has 7 nitrogen and oxygen atoms in total. The highest BCUT2D eigenvalue weighted by Gasteiger charge is 1.98. The minimum absolute atomic E-state index is 0.0486. The van der Waals surface area contributed by atoms with Crippen LogP contribution in [0.15, 0.2) is 0 Å². The van der Waals surface area contributed by atoms with Crippen LogP contribution < -0.4 is 0 Å². The van der Waals surface area contributed by atoms with Gasteiger partial charge in [-0.2, -0.15) is 0 Å². The van der Waals surface area contributed by atoms with Gasteiger partial charge >= 0.3 is 5.97 Å². The lowest BCUT2D eigenvalue weighted by Crippen LogP contribution is -2.15. The standard InChI is InChI=1S/C13H25BrO7/c1-16-13(15)12-21-11-10-20-9-8-19-7-6-18-5-4-17-3-2-14/h2-12H2,1H3. The van der Waals surface area contributed by atoms with Gasteiger partial charge in [0.1, 0.15) is 6.61 Å². The van der Waals surface area contributed by atoms with Crippen molar-refractivity contribution >= 4 is 21.9 Å². The van der Waals surface area contributed by atoms with E-state index in [2.05, 4.69) is 20.7 Å². The molecule has 0 unspecified atom stereocenters. The lowest BCUT2D eigenvalue weighted by atomic mass is 10.7. The van der Waals surface area contributed by atoms with Crippen molar-refractivity contribution in [3.05, 3.63) is 0 Å². The Labute approximate surface area is 134 Å². The molecule has 0 heterocycles. The Morgan fingerprint density at radius 1 is 0.714 bits per heavy atom. The number of hydrogen-bond acceptors (Lipinski definition) is 7. The lowest BCUT2D eigenvalue weighted by Gasteiger charge is -2.07. The second-order valence-electron chi connectivity index (χ2n) is 3.77. The minimum atomic E-state index is -0.393. The summed E-state index contributed by atoms with van der Waals surface area (Å²) in [5.74, 6) is -0.393. The molecule has 0 N–H and O–H groups in total. The molecule has 21 heavy (non-hydrogen) atoms. The Morgan fingerprint density at radius 2 is 1.10 bits per heavy atom. The highest BCUT2D eigenvalue weighted by Crippen LogP contribution is 1.85. The fraction of sp³-hybridized carbons (Fsp3) is 0.923. The van der Waals surface area contributed by atoms with Gasteiger partial charge in [0.15, 0.2) is 0 Å². The van der Waals surface area contributed by atoms with Gasteiger partial charge in [-0.15, -0.1) is 0 Å². The average molecular weight is 373 g/mol. The summed E-state index contributed by atoms with van der Waals surface area (Å²) in [6, 6.07) is 0. The van der Waals surface area contributed by atoms with Crippen LogP contribution in [0.2, 0.25) is 0 Å². The maximum atomic E-state index is 10.7. The van der Waals surface area contributed by atoms with Crippen LogP contribution in [0.5, 0.6) is 0 Å². The van der Waals surface area contributed by atoms with E-state index in [9.17, 15) is 4.79 Å². The van der Waals surface area contributed by atoms with Crippen LogP contribution in [0.4, 0.5) is 0 Å². The molecule has 0 aliphatic carbocycles. The van der Waals surface area contributed by atoms with Crippen molar-refractivity contribution in [1.29, 1.82) is 0 Å². The molecule has 0 radical (unpaired) electrons. The number of carbonyl (C=O) groups is 1. The molecule has 0 saturated carbocycles. The van der Waals surface area contributed by atoms with E-state index >= 15 is 0 Å². The van der Waals surface area contributed by atoms with Crippen LogP contribution in [-0.2, 0) is 33.2 Å². The first kappa shape index (κ1) is 20.8. The largest absolute Gasteiger partial charge is 0.467 e. The van der Waals surface area contributed by atoms with Crippen molar-refractivity contribution in [3.63, 3.8) is 0 Å². The highest BCUT2D eigenvalue weighted by atomic mass is 79.9. The van der Waals surface area contributed by atoms with Crippen molar-refractivity contribution in [3.8, 4) is 0 Å². The van der Waals surface area contributed by atoms with Crippen LogP contribution >= 0.6 is 15.9 Å². The second kappa shape index (κ2) is 17.8. The zero-order chi connectivity index (χ0) is 15.6. The summed E-state index contributed by atoms with van der Waals surface area (Å²) in [4.78, 5) is 10.7. The highest BCUT2D eigenvalue weighted by molar-refractivity contribution is 9.09. The summed E-state index contributed by atoms with van der Waals surface area (Å²) in [6.07, 6.45) is 0. The first-order chi connectivity index (χ1) is 10.3. The summed E-state index contributed by atoms with van der Waals surface area (Å²) >= 11 is 3.27. The number of esters is 1. The molecule has 0 amide bonds. The quantitative estimate of drug-likeness (QED) is 0.223. The van der Waals surface area contributed by atoms with E-state index in [0.29, 0.717) is 59.5 Å². The van der Waals surface area contributed by atoms with Gasteiger partial charge in [0.2, 0.25) is 0 Å². The number of methoxy groups -OCH3 is 1. The van der Waals surface area contributed by atoms with Crippen LogP contribution in [0.3, 0.4) is 0 Å². The predicted molar refractivity (Wildman–Crippen MR) is 79.9 cm³/mol. The van der Waals surface area contributed by atoms with E-state index in [4.69, 9.17) is 23.7 Å². The Kier molecular flexibility index (Phi) is 17.6. The molecule has 0 rings (SSSR count). The molecule has 0 aliphatic rings. The van der Waals surface area contributed by atoms with Crippen molar-refractivity contribution in [2.75, 3.05) is 78.5 Å². The molecule has 0 fully saturated rings. The molecular weight excluding hydrogens is 348 g/mol. The van der Waals surface area contributed by atoms with Crippen molar-refractivity contribution in [2.45, 2.75) is 0 Å². The average Bonchev–Trinajstić information content (AvgIpc) is 2.50. The summed E-state index contributed by atoms with van der Waals surface area (Å²) in [5, 5.41) is 0.837. The van der Waals surface area contributed by atoms with E-state index in [0.717, 1.165) is 5.33 Å². The monoisotopic (exact) mass is 372 g/mol. The van der Waals surface area contributed by atoms with Crippen LogP contribution in [0, 0.1) is 0 Å². The third kappa shape index (κ3) is 17.7. The summed E-state index contributed by atoms with van der Waals surface area (Å²) < 4.78 is 30.5. The van der Waals surface area contributed by atoms with Crippen LogP contribution in [-0.4, -0.2) is 84.5 Å². The van der Waals surface area contributed by atoms with E-state index < -0.39 is 5.97 Å². The molecule has 126 valence electrons. The smallest absolute Gasteiger partial charge is 0.331 e. The van der Waals surface area contributed by atoms with Crippen LogP contribution in [0.25, 0.3) is 0 Å². The number of alkyl halides is 1. The zero-order valence-corrected chi connectivity index (χ0v) is 14.1. The SMILES string of the molecule is COC(=O)COCCOCCOCCOCCOCCBr. The van der Waals surface area contributed by atoms with Gasteiger partial charge in [0.05, 0.1) is 66.6 Å². The van der Waals surface area contributed by atoms with Gasteiger partial charge in [-0.25, -0.2) is 4.79 Å². The molecule has 0 aromatic rings. The number of rotatable bonds is 16. The molecule has 0 spiro atoms. The lowest BCUT2D eigenvalue weighted by molar-refractivity contribution is -0.146. The topological polar surface area (TPSA) is 72.5 Å². The maximum Gasteiger partial charge on any atom is 0.331 e. The molecule has 8 heteroatoms. The van der Waals surface area contributed by atoms with Gasteiger partial charge in [0.25, 0.3) is 0 Å². The van der Waals surface area contributed by atoms with Crippen molar-refractivity contribution in [2.24, 2.45) is 0 Å². The Hall–Kier alpha value is -0.250. The van der Waals surface area contributed by atoms with Gasteiger partial charge in [-0.05, 0) is 0 Å². The molecule has 0 aromatic heterocycles. The number of hydrogen-bond donors (Lipinski definition) is 0. The molecule has 0 aliphatic heterocycles. The minimum Gasteiger partial charge on any atom is -0.467 e. The van der Waals surface area contributed by atoms with E-state index in [1.54, 1.807) is 0 Å². The Morgan fingerprint density at radius 3 is 1.48 bits per heavy atom. The number of halogens is 1. The fourth-order valence-electron chi connectivity index (χ4n) is 1.15. The zero-order valence-electron chi connectivity index (χ0n) is 12.5. The van der Waals surface area contributed by atoms with Crippen molar-refractivity contribution in [1.82, 2.24) is 0 Å². The molecular formula is C13H25BrO7. The third-order valence-corrected chi connectivity index (χ3v) is 2.48. The van der Waals surface area contributed by atoms with Crippen molar-refractivity contribution < 1.29 is 33.2 Å². The predicted octanol–water partition coefficient (Wildman–Crippen LogP) is 0.637. The van der Waals surface area contributed by atoms with Crippen LogP contribution in [0.1, 0.15) is 0 Å². The summed E-state index contributed by atoms with van der Waals surface area (Å²) in [7, 11) is 1.32. The van der Waals surface area contributed by atoms with Gasteiger partial charge in [-0.3, -0.25) is 0 Å². The molecule has 0 atom stereocenters. The first-order valence-electron chi connectivity index (χ1n) is 6.82. The number of ether oxygens (including phenoxy) is 6. The van der Waals surface area contributed by atoms with E-state index in [-0.39, 0.29) is 6.61 Å². The van der Waals surface area contributed by atoms with E-state index in [1.807, 2.05) is 0 Å². The normalized spacial score (nSPS) is 10.8. The third-order valence-electron chi connectivity index (χ3n) is 2.16. The first-order valence-corrected chi connectivity index (χ1v) is 7.95. The molecule has 0 saturated heterocycles. The molecule has 0 bridgehead atoms. The second-order valence-corrected chi connectivity index (χ2v) is 4.56. The maximum absolute atomic E-state index is 10.7. The Balaban J connectivity index is 2.98. The van der Waals surface area contributed by atoms with Gasteiger partial charge in [-0.1, -0.05) is 15.9 Å². The van der Waals surface area contributed by atoms with E-state index in [1.165, 1.54) is 7.11 Å². The molecule has 0 aromatic carbocycles.